The van der Waals surface area contributed by atoms with E-state index in [0.29, 0.717) is 18.5 Å². The van der Waals surface area contributed by atoms with Gasteiger partial charge in [-0.3, -0.25) is 5.32 Å². The molecule has 0 aliphatic heterocycles. The van der Waals surface area contributed by atoms with Gasteiger partial charge in [0.2, 0.25) is 0 Å². The van der Waals surface area contributed by atoms with Crippen LogP contribution in [0, 0.1) is 29.9 Å². The Bertz CT molecular complexity index is 645. The predicted octanol–water partition coefficient (Wildman–Crippen LogP) is 3.67. The van der Waals surface area contributed by atoms with Crippen molar-refractivity contribution in [1.29, 1.82) is 5.26 Å². The molecule has 0 aliphatic rings. The third kappa shape index (κ3) is 4.11. The zero-order chi connectivity index (χ0) is 15.2. The molecule has 0 bridgehead atoms. The molecule has 0 saturated carbocycles. The molecule has 2 aromatic rings. The van der Waals surface area contributed by atoms with Crippen molar-refractivity contribution in [3.63, 3.8) is 0 Å². The van der Waals surface area contributed by atoms with Gasteiger partial charge in [0.15, 0.2) is 0 Å². The minimum atomic E-state index is -0.482. The van der Waals surface area contributed by atoms with Crippen molar-refractivity contribution in [3.8, 4) is 6.07 Å². The van der Waals surface area contributed by atoms with E-state index in [1.807, 2.05) is 0 Å². The van der Waals surface area contributed by atoms with E-state index in [-0.39, 0.29) is 11.6 Å². The molecule has 1 unspecified atom stereocenters. The Balaban J connectivity index is 1.95. The third-order valence-corrected chi connectivity index (χ3v) is 3.32. The Morgan fingerprint density at radius 1 is 1.14 bits per heavy atom. The number of benzene rings is 2. The molecule has 0 saturated heterocycles. The van der Waals surface area contributed by atoms with Gasteiger partial charge in [0.05, 0.1) is 6.07 Å². The lowest BCUT2D eigenvalue weighted by Crippen LogP contribution is -2.22. The van der Waals surface area contributed by atoms with Gasteiger partial charge in [-0.2, -0.15) is 5.26 Å². The molecule has 2 rings (SSSR count). The summed E-state index contributed by atoms with van der Waals surface area (Å²) in [5.74, 6) is -0.537. The van der Waals surface area contributed by atoms with Crippen LogP contribution in [0.15, 0.2) is 42.5 Å². The molecule has 21 heavy (non-hydrogen) atoms. The molecule has 1 N–H and O–H groups in total. The summed E-state index contributed by atoms with van der Waals surface area (Å²) in [6, 6.07) is 12.6. The van der Waals surface area contributed by atoms with Crippen LogP contribution in [0.2, 0.25) is 0 Å². The van der Waals surface area contributed by atoms with E-state index < -0.39 is 6.04 Å². The highest BCUT2D eigenvalue weighted by molar-refractivity contribution is 5.29. The third-order valence-electron chi connectivity index (χ3n) is 3.32. The van der Waals surface area contributed by atoms with Crippen LogP contribution in [0.4, 0.5) is 8.78 Å². The average molecular weight is 286 g/mol. The number of hydrogen-bond donors (Lipinski definition) is 1. The molecule has 0 radical (unpaired) electrons. The lowest BCUT2D eigenvalue weighted by atomic mass is 10.0. The summed E-state index contributed by atoms with van der Waals surface area (Å²) < 4.78 is 26.0. The summed E-state index contributed by atoms with van der Waals surface area (Å²) >= 11 is 0. The fourth-order valence-corrected chi connectivity index (χ4v) is 2.10. The molecule has 0 amide bonds. The van der Waals surface area contributed by atoms with Gasteiger partial charge in [-0.15, -0.1) is 0 Å². The number of nitrogens with one attached hydrogen (secondary N) is 1. The minimum absolute atomic E-state index is 0.261. The first-order valence-corrected chi connectivity index (χ1v) is 6.73. The normalized spacial score (nSPS) is 11.9. The Kier molecular flexibility index (Phi) is 5.02. The van der Waals surface area contributed by atoms with Crippen molar-refractivity contribution < 1.29 is 8.78 Å². The van der Waals surface area contributed by atoms with Gasteiger partial charge in [0.1, 0.15) is 17.7 Å². The summed E-state index contributed by atoms with van der Waals surface area (Å²) in [6.45, 7) is 2.26. The molecule has 2 nitrogen and oxygen atoms in total. The molecule has 0 aliphatic carbocycles. The maximum atomic E-state index is 13.2. The summed E-state index contributed by atoms with van der Waals surface area (Å²) in [4.78, 5) is 0. The second kappa shape index (κ2) is 6.96. The number of halogens is 2. The monoisotopic (exact) mass is 286 g/mol. The van der Waals surface area contributed by atoms with Crippen molar-refractivity contribution in [2.45, 2.75) is 19.4 Å². The van der Waals surface area contributed by atoms with Gasteiger partial charge in [0, 0.05) is 6.54 Å². The van der Waals surface area contributed by atoms with Crippen LogP contribution in [0.1, 0.15) is 22.7 Å². The van der Waals surface area contributed by atoms with Crippen LogP contribution in [-0.4, -0.2) is 6.54 Å². The molecular formula is C17H16F2N2. The first kappa shape index (κ1) is 15.1. The van der Waals surface area contributed by atoms with Crippen molar-refractivity contribution in [2.75, 3.05) is 6.54 Å². The Labute approximate surface area is 123 Å². The van der Waals surface area contributed by atoms with Crippen LogP contribution >= 0.6 is 0 Å². The van der Waals surface area contributed by atoms with Crippen LogP contribution in [0.25, 0.3) is 0 Å². The number of nitrogens with zero attached hydrogens (tertiary/aromatic N) is 1. The van der Waals surface area contributed by atoms with E-state index in [9.17, 15) is 14.0 Å². The summed E-state index contributed by atoms with van der Waals surface area (Å²) in [5, 5.41) is 12.3. The largest absolute Gasteiger partial charge is 0.298 e. The number of rotatable bonds is 5. The van der Waals surface area contributed by atoms with Crippen LogP contribution in [0.5, 0.6) is 0 Å². The van der Waals surface area contributed by atoms with Gasteiger partial charge in [-0.05, 0) is 48.2 Å². The van der Waals surface area contributed by atoms with Crippen molar-refractivity contribution >= 4 is 0 Å². The summed E-state index contributed by atoms with van der Waals surface area (Å²) in [6.07, 6.45) is 0.693. The van der Waals surface area contributed by atoms with Gasteiger partial charge in [-0.25, -0.2) is 8.78 Å². The highest BCUT2D eigenvalue weighted by atomic mass is 19.1. The SMILES string of the molecule is Cc1cc(C(C#N)NCCc2ccc(F)cc2)ccc1F. The maximum Gasteiger partial charge on any atom is 0.126 e. The van der Waals surface area contributed by atoms with E-state index in [1.54, 1.807) is 31.2 Å². The number of hydrogen-bond acceptors (Lipinski definition) is 2. The molecule has 0 spiro atoms. The van der Waals surface area contributed by atoms with E-state index in [1.165, 1.54) is 18.2 Å². The van der Waals surface area contributed by atoms with Crippen LogP contribution < -0.4 is 5.32 Å². The summed E-state index contributed by atoms with van der Waals surface area (Å²) in [5.41, 5.74) is 2.26. The Morgan fingerprint density at radius 2 is 1.86 bits per heavy atom. The number of nitriles is 1. The smallest absolute Gasteiger partial charge is 0.126 e. The van der Waals surface area contributed by atoms with E-state index >= 15 is 0 Å². The molecular weight excluding hydrogens is 270 g/mol. The first-order chi connectivity index (χ1) is 10.1. The minimum Gasteiger partial charge on any atom is -0.298 e. The van der Waals surface area contributed by atoms with Crippen molar-refractivity contribution in [2.24, 2.45) is 0 Å². The van der Waals surface area contributed by atoms with Crippen LogP contribution in [0.3, 0.4) is 0 Å². The molecule has 0 aromatic heterocycles. The zero-order valence-corrected chi connectivity index (χ0v) is 11.7. The number of aryl methyl sites for hydroxylation is 1. The lowest BCUT2D eigenvalue weighted by Gasteiger charge is -2.13. The molecule has 4 heteroatoms. The zero-order valence-electron chi connectivity index (χ0n) is 11.7. The highest BCUT2D eigenvalue weighted by Crippen LogP contribution is 2.16. The maximum absolute atomic E-state index is 13.2. The van der Waals surface area contributed by atoms with Gasteiger partial charge in [0.25, 0.3) is 0 Å². The van der Waals surface area contributed by atoms with E-state index in [2.05, 4.69) is 11.4 Å². The molecule has 1 atom stereocenters. The quantitative estimate of drug-likeness (QED) is 0.910. The molecule has 0 fully saturated rings. The summed E-state index contributed by atoms with van der Waals surface area (Å²) in [7, 11) is 0. The molecule has 2 aromatic carbocycles. The second-order valence-electron chi connectivity index (χ2n) is 4.90. The van der Waals surface area contributed by atoms with Gasteiger partial charge in [-0.1, -0.05) is 24.3 Å². The van der Waals surface area contributed by atoms with E-state index in [0.717, 1.165) is 11.1 Å². The van der Waals surface area contributed by atoms with Gasteiger partial charge >= 0.3 is 0 Å². The van der Waals surface area contributed by atoms with Crippen molar-refractivity contribution in [3.05, 3.63) is 70.8 Å². The standard InChI is InChI=1S/C17H16F2N2/c1-12-10-14(4-7-16(12)19)17(11-20)21-9-8-13-2-5-15(18)6-3-13/h2-7,10,17,21H,8-9H2,1H3. The molecule has 0 heterocycles. The lowest BCUT2D eigenvalue weighted by molar-refractivity contribution is 0.606. The second-order valence-corrected chi connectivity index (χ2v) is 4.90. The fourth-order valence-electron chi connectivity index (χ4n) is 2.10. The van der Waals surface area contributed by atoms with Gasteiger partial charge < -0.3 is 0 Å². The highest BCUT2D eigenvalue weighted by Gasteiger charge is 2.11. The Morgan fingerprint density at radius 3 is 2.48 bits per heavy atom. The fraction of sp³-hybridized carbons (Fsp3) is 0.235. The average Bonchev–Trinajstić information content (AvgIpc) is 2.49. The predicted molar refractivity (Wildman–Crippen MR) is 77.6 cm³/mol. The molecule has 108 valence electrons. The Hall–Kier alpha value is -2.25. The van der Waals surface area contributed by atoms with Crippen molar-refractivity contribution in [1.82, 2.24) is 5.32 Å². The first-order valence-electron chi connectivity index (χ1n) is 6.73. The van der Waals surface area contributed by atoms with E-state index in [4.69, 9.17) is 0 Å². The topological polar surface area (TPSA) is 35.8 Å². The van der Waals surface area contributed by atoms with Crippen LogP contribution in [-0.2, 0) is 6.42 Å².